The van der Waals surface area contributed by atoms with E-state index in [-0.39, 0.29) is 31.4 Å². The van der Waals surface area contributed by atoms with Gasteiger partial charge in [0.05, 0.1) is 12.4 Å². The first-order valence-electron chi connectivity index (χ1n) is 12.5. The fourth-order valence-electron chi connectivity index (χ4n) is 4.40. The summed E-state index contributed by atoms with van der Waals surface area (Å²) in [7, 11) is 0. The van der Waals surface area contributed by atoms with E-state index in [0.717, 1.165) is 0 Å². The number of hydrogen-bond acceptors (Lipinski definition) is 8. The van der Waals surface area contributed by atoms with Gasteiger partial charge in [-0.25, -0.2) is 9.78 Å². The number of H-pyrrole nitrogens is 1. The fraction of sp³-hybridized carbons (Fsp3) is 0.440. The number of benzene rings is 1. The van der Waals surface area contributed by atoms with Crippen molar-refractivity contribution in [3.8, 4) is 5.75 Å². The highest BCUT2D eigenvalue weighted by molar-refractivity contribution is 5.94. The average molecular weight is 544 g/mol. The minimum Gasteiger partial charge on any atom is -0.508 e. The lowest BCUT2D eigenvalue weighted by Crippen LogP contribution is -2.57. The molecular formula is C25H33N7O7. The number of imidazole rings is 1. The van der Waals surface area contributed by atoms with Crippen molar-refractivity contribution >= 4 is 29.6 Å². The molecule has 1 saturated heterocycles. The van der Waals surface area contributed by atoms with Crippen LogP contribution in [-0.4, -0.2) is 85.4 Å². The zero-order chi connectivity index (χ0) is 28.5. The van der Waals surface area contributed by atoms with Gasteiger partial charge in [0, 0.05) is 37.7 Å². The van der Waals surface area contributed by atoms with E-state index in [2.05, 4.69) is 20.6 Å². The molecule has 0 radical (unpaired) electrons. The highest BCUT2D eigenvalue weighted by Crippen LogP contribution is 2.20. The maximum atomic E-state index is 13.3. The van der Waals surface area contributed by atoms with Crippen LogP contribution in [0.1, 0.15) is 36.9 Å². The Morgan fingerprint density at radius 1 is 1.10 bits per heavy atom. The molecule has 1 aromatic heterocycles. The molecule has 4 atom stereocenters. The van der Waals surface area contributed by atoms with Crippen molar-refractivity contribution < 1.29 is 34.2 Å². The molecule has 14 heteroatoms. The zero-order valence-corrected chi connectivity index (χ0v) is 21.2. The number of carboxylic acids is 1. The largest absolute Gasteiger partial charge is 0.508 e. The summed E-state index contributed by atoms with van der Waals surface area (Å²) >= 11 is 0. The van der Waals surface area contributed by atoms with Gasteiger partial charge in [0.15, 0.2) is 0 Å². The summed E-state index contributed by atoms with van der Waals surface area (Å²) in [6.45, 7) is 0.316. The number of phenols is 1. The van der Waals surface area contributed by atoms with Crippen molar-refractivity contribution in [3.05, 3.63) is 48.0 Å². The monoisotopic (exact) mass is 543 g/mol. The van der Waals surface area contributed by atoms with E-state index in [4.69, 9.17) is 11.5 Å². The van der Waals surface area contributed by atoms with Gasteiger partial charge in [-0.1, -0.05) is 12.1 Å². The van der Waals surface area contributed by atoms with Crippen LogP contribution in [0.15, 0.2) is 36.8 Å². The first-order valence-corrected chi connectivity index (χ1v) is 12.5. The number of amides is 4. The molecule has 14 nitrogen and oxygen atoms in total. The molecule has 1 aliphatic heterocycles. The van der Waals surface area contributed by atoms with Gasteiger partial charge in [-0.3, -0.25) is 19.2 Å². The molecule has 1 fully saturated rings. The maximum Gasteiger partial charge on any atom is 0.326 e. The molecule has 39 heavy (non-hydrogen) atoms. The number of phenolic OH excluding ortho intramolecular Hbond substituents is 1. The summed E-state index contributed by atoms with van der Waals surface area (Å²) in [5.41, 5.74) is 12.5. The molecule has 4 unspecified atom stereocenters. The summed E-state index contributed by atoms with van der Waals surface area (Å²) < 4.78 is 0. The number of hydrogen-bond donors (Lipinski definition) is 7. The quantitative estimate of drug-likeness (QED) is 0.156. The third-order valence-electron chi connectivity index (χ3n) is 6.45. The Hall–Kier alpha value is -4.46. The zero-order valence-electron chi connectivity index (χ0n) is 21.2. The third kappa shape index (κ3) is 8.26. The van der Waals surface area contributed by atoms with E-state index in [1.165, 1.54) is 23.4 Å². The van der Waals surface area contributed by atoms with Gasteiger partial charge in [0.25, 0.3) is 0 Å². The molecule has 1 aliphatic rings. The number of aromatic nitrogens is 2. The number of carboxylic acid groups (broad SMARTS) is 1. The van der Waals surface area contributed by atoms with Gasteiger partial charge in [-0.2, -0.15) is 0 Å². The standard InChI is InChI=1S/C25H33N7O7/c26-17(11-15-12-28-13-29-15)24(37)32-9-1-2-20(32)23(36)31-19(10-14-3-5-16(33)6-4-14)22(35)30-18(25(38)39)7-8-21(27)34/h3-6,12-13,17-20,33H,1-2,7-11,26H2,(H2,27,34)(H,28,29)(H,30,35)(H,31,36)(H,38,39). The average Bonchev–Trinajstić information content (AvgIpc) is 3.59. The van der Waals surface area contributed by atoms with Crippen LogP contribution in [0, 0.1) is 0 Å². The number of carbonyl (C=O) groups is 5. The van der Waals surface area contributed by atoms with Crippen LogP contribution in [0.3, 0.4) is 0 Å². The van der Waals surface area contributed by atoms with Crippen molar-refractivity contribution in [2.45, 2.75) is 62.7 Å². The second-order valence-electron chi connectivity index (χ2n) is 9.41. The Labute approximate surface area is 224 Å². The van der Waals surface area contributed by atoms with E-state index >= 15 is 0 Å². The number of nitrogens with two attached hydrogens (primary N) is 2. The van der Waals surface area contributed by atoms with Gasteiger partial charge < -0.3 is 42.2 Å². The molecule has 9 N–H and O–H groups in total. The van der Waals surface area contributed by atoms with Gasteiger partial charge in [0.1, 0.15) is 23.9 Å². The molecule has 1 aromatic carbocycles. The highest BCUT2D eigenvalue weighted by Gasteiger charge is 2.38. The van der Waals surface area contributed by atoms with E-state index < -0.39 is 53.8 Å². The summed E-state index contributed by atoms with van der Waals surface area (Å²) in [5, 5.41) is 24.1. The number of aliphatic carboxylic acids is 1. The number of nitrogens with zero attached hydrogens (tertiary/aromatic N) is 2. The van der Waals surface area contributed by atoms with Crippen molar-refractivity contribution in [1.29, 1.82) is 0 Å². The second-order valence-corrected chi connectivity index (χ2v) is 9.41. The molecule has 0 spiro atoms. The van der Waals surface area contributed by atoms with E-state index in [0.29, 0.717) is 30.6 Å². The number of aromatic amines is 1. The Bertz CT molecular complexity index is 1170. The molecule has 0 aliphatic carbocycles. The van der Waals surface area contributed by atoms with Gasteiger partial charge in [-0.05, 0) is 37.0 Å². The van der Waals surface area contributed by atoms with Crippen LogP contribution < -0.4 is 22.1 Å². The fourth-order valence-corrected chi connectivity index (χ4v) is 4.40. The van der Waals surface area contributed by atoms with Crippen molar-refractivity contribution in [2.24, 2.45) is 11.5 Å². The number of primary amides is 1. The van der Waals surface area contributed by atoms with Gasteiger partial charge in [-0.15, -0.1) is 0 Å². The molecule has 4 amide bonds. The van der Waals surface area contributed by atoms with Crippen molar-refractivity contribution in [2.75, 3.05) is 6.54 Å². The lowest BCUT2D eigenvalue weighted by molar-refractivity contribution is -0.143. The molecule has 2 heterocycles. The molecule has 2 aromatic rings. The first kappa shape index (κ1) is 29.1. The normalized spacial score (nSPS) is 17.2. The van der Waals surface area contributed by atoms with E-state index in [1.807, 2.05) is 0 Å². The summed E-state index contributed by atoms with van der Waals surface area (Å²) in [6, 6.07) is 1.55. The molecular weight excluding hydrogens is 510 g/mol. The van der Waals surface area contributed by atoms with Crippen molar-refractivity contribution in [3.63, 3.8) is 0 Å². The smallest absolute Gasteiger partial charge is 0.326 e. The Balaban J connectivity index is 1.74. The van der Waals surface area contributed by atoms with Crippen LogP contribution in [0.25, 0.3) is 0 Å². The molecule has 0 saturated carbocycles. The molecule has 0 bridgehead atoms. The Morgan fingerprint density at radius 3 is 2.44 bits per heavy atom. The second kappa shape index (κ2) is 13.4. The number of likely N-dealkylation sites (tertiary alicyclic amines) is 1. The predicted molar refractivity (Wildman–Crippen MR) is 137 cm³/mol. The topological polar surface area (TPSA) is 234 Å². The number of carbonyl (C=O) groups excluding carboxylic acids is 4. The summed E-state index contributed by atoms with van der Waals surface area (Å²) in [5.74, 6) is -3.87. The number of aromatic hydroxyl groups is 1. The van der Waals surface area contributed by atoms with Gasteiger partial charge in [0.2, 0.25) is 23.6 Å². The molecule has 210 valence electrons. The van der Waals surface area contributed by atoms with Crippen LogP contribution in [0.5, 0.6) is 5.75 Å². The Kier molecular flexibility index (Phi) is 9.98. The number of nitrogens with one attached hydrogen (secondary N) is 3. The van der Waals surface area contributed by atoms with Crippen LogP contribution in [0.4, 0.5) is 0 Å². The molecule has 3 rings (SSSR count). The van der Waals surface area contributed by atoms with Crippen LogP contribution in [-0.2, 0) is 36.8 Å². The lowest BCUT2D eigenvalue weighted by atomic mass is 10.0. The third-order valence-corrected chi connectivity index (χ3v) is 6.45. The summed E-state index contributed by atoms with van der Waals surface area (Å²) in [4.78, 5) is 70.5. The Morgan fingerprint density at radius 2 is 1.82 bits per heavy atom. The predicted octanol–water partition coefficient (Wildman–Crippen LogP) is -1.46. The van der Waals surface area contributed by atoms with Gasteiger partial charge >= 0.3 is 5.97 Å². The minimum atomic E-state index is -1.41. The van der Waals surface area contributed by atoms with Crippen LogP contribution >= 0.6 is 0 Å². The van der Waals surface area contributed by atoms with E-state index in [1.54, 1.807) is 18.3 Å². The SMILES string of the molecule is NC(=O)CCC(NC(=O)C(Cc1ccc(O)cc1)NC(=O)C1CCCN1C(=O)C(N)Cc1cnc[nH]1)C(=O)O. The lowest BCUT2D eigenvalue weighted by Gasteiger charge is -2.28. The number of rotatable bonds is 13. The minimum absolute atomic E-state index is 0.00718. The van der Waals surface area contributed by atoms with Crippen molar-refractivity contribution in [1.82, 2.24) is 25.5 Å². The summed E-state index contributed by atoms with van der Waals surface area (Å²) in [6.07, 6.45) is 3.64. The maximum absolute atomic E-state index is 13.3. The van der Waals surface area contributed by atoms with E-state index in [9.17, 15) is 34.2 Å². The van der Waals surface area contributed by atoms with Crippen LogP contribution in [0.2, 0.25) is 0 Å². The highest BCUT2D eigenvalue weighted by atomic mass is 16.4. The first-order chi connectivity index (χ1) is 18.5.